The van der Waals surface area contributed by atoms with Crippen molar-refractivity contribution < 1.29 is 13.9 Å². The number of hydrogen-bond acceptors (Lipinski definition) is 4. The smallest absolute Gasteiger partial charge is 0.338 e. The number of carbonyl (C=O) groups excluding carboxylic acids is 1. The van der Waals surface area contributed by atoms with E-state index >= 15 is 0 Å². The molecule has 0 fully saturated rings. The van der Waals surface area contributed by atoms with Gasteiger partial charge in [0.25, 0.3) is 0 Å². The van der Waals surface area contributed by atoms with Crippen LogP contribution in [-0.4, -0.2) is 18.1 Å². The molecule has 20 heavy (non-hydrogen) atoms. The quantitative estimate of drug-likeness (QED) is 0.670. The van der Waals surface area contributed by atoms with E-state index in [4.69, 9.17) is 20.8 Å². The molecule has 0 saturated carbocycles. The number of aromatic nitrogens is 1. The lowest BCUT2D eigenvalue weighted by Crippen LogP contribution is -2.03. The normalized spacial score (nSPS) is 10.7. The summed E-state index contributed by atoms with van der Waals surface area (Å²) < 4.78 is 10.4. The van der Waals surface area contributed by atoms with Crippen LogP contribution in [0, 0.1) is 0 Å². The van der Waals surface area contributed by atoms with Gasteiger partial charge >= 0.3 is 5.97 Å². The van der Waals surface area contributed by atoms with Crippen molar-refractivity contribution in [3.8, 4) is 11.5 Å². The maximum atomic E-state index is 11.8. The zero-order chi connectivity index (χ0) is 14.1. The zero-order valence-corrected chi connectivity index (χ0v) is 11.3. The molecule has 3 rings (SSSR count). The van der Waals surface area contributed by atoms with Crippen LogP contribution in [-0.2, 0) is 4.74 Å². The number of esters is 1. The average molecular weight is 288 g/mol. The maximum Gasteiger partial charge on any atom is 0.338 e. The minimum Gasteiger partial charge on any atom is -0.465 e. The Morgan fingerprint density at radius 3 is 2.85 bits per heavy atom. The van der Waals surface area contributed by atoms with E-state index in [2.05, 4.69) is 4.98 Å². The number of fused-ring (bicyclic) bond motifs is 1. The molecule has 0 aliphatic carbocycles. The van der Waals surface area contributed by atoms with Crippen molar-refractivity contribution in [1.82, 2.24) is 4.98 Å². The first-order chi connectivity index (χ1) is 9.69. The third-order valence-corrected chi connectivity index (χ3v) is 3.15. The van der Waals surface area contributed by atoms with Gasteiger partial charge in [-0.05, 0) is 30.3 Å². The summed E-state index contributed by atoms with van der Waals surface area (Å²) in [4.78, 5) is 16.1. The van der Waals surface area contributed by atoms with Crippen molar-refractivity contribution in [1.29, 1.82) is 0 Å². The van der Waals surface area contributed by atoms with E-state index in [1.54, 1.807) is 36.4 Å². The number of rotatable bonds is 2. The number of halogens is 1. The second-order valence-corrected chi connectivity index (χ2v) is 4.60. The van der Waals surface area contributed by atoms with Crippen molar-refractivity contribution in [2.24, 2.45) is 0 Å². The Labute approximate surface area is 119 Å². The minimum absolute atomic E-state index is 0.364. The predicted molar refractivity (Wildman–Crippen MR) is 75.8 cm³/mol. The molecular weight excluding hydrogens is 278 g/mol. The Bertz CT molecular complexity index is 795. The number of hydrogen-bond donors (Lipinski definition) is 0. The van der Waals surface area contributed by atoms with Crippen molar-refractivity contribution >= 4 is 28.7 Å². The Hall–Kier alpha value is -2.33. The molecule has 100 valence electrons. The summed E-state index contributed by atoms with van der Waals surface area (Å²) in [6, 6.07) is 12.2. The van der Waals surface area contributed by atoms with Crippen LogP contribution in [0.15, 0.2) is 46.9 Å². The molecule has 0 unspecified atom stereocenters. The van der Waals surface area contributed by atoms with Crippen LogP contribution in [0.25, 0.3) is 22.6 Å². The zero-order valence-electron chi connectivity index (χ0n) is 10.6. The predicted octanol–water partition coefficient (Wildman–Crippen LogP) is 3.93. The van der Waals surface area contributed by atoms with E-state index in [1.807, 2.05) is 6.07 Å². The molecule has 0 spiro atoms. The summed E-state index contributed by atoms with van der Waals surface area (Å²) >= 11 is 5.92. The largest absolute Gasteiger partial charge is 0.465 e. The highest BCUT2D eigenvalue weighted by atomic mass is 35.5. The van der Waals surface area contributed by atoms with Crippen molar-refractivity contribution in [3.63, 3.8) is 0 Å². The molecule has 0 radical (unpaired) electrons. The van der Waals surface area contributed by atoms with Gasteiger partial charge in [-0.1, -0.05) is 23.7 Å². The van der Waals surface area contributed by atoms with Gasteiger partial charge in [0, 0.05) is 5.02 Å². The topological polar surface area (TPSA) is 52.3 Å². The standard InChI is InChI=1S/C15H10ClNO3/c1-19-15(18)11-5-3-2-4-10(11)14-17-12-8-9(16)6-7-13(12)20-14/h2-8H,1H3. The molecule has 0 aliphatic heterocycles. The van der Waals surface area contributed by atoms with E-state index < -0.39 is 5.97 Å². The van der Waals surface area contributed by atoms with Crippen LogP contribution in [0.2, 0.25) is 5.02 Å². The van der Waals surface area contributed by atoms with Crippen LogP contribution in [0.5, 0.6) is 0 Å². The number of methoxy groups -OCH3 is 1. The van der Waals surface area contributed by atoms with Crippen molar-refractivity contribution in [3.05, 3.63) is 53.1 Å². The maximum absolute atomic E-state index is 11.8. The molecule has 0 bridgehead atoms. The lowest BCUT2D eigenvalue weighted by atomic mass is 10.1. The van der Waals surface area contributed by atoms with Gasteiger partial charge in [0.15, 0.2) is 5.58 Å². The van der Waals surface area contributed by atoms with E-state index in [1.165, 1.54) is 7.11 Å². The molecule has 0 aliphatic rings. The fourth-order valence-corrected chi connectivity index (χ4v) is 2.14. The number of carbonyl (C=O) groups is 1. The lowest BCUT2D eigenvalue weighted by Gasteiger charge is -2.03. The van der Waals surface area contributed by atoms with E-state index in [-0.39, 0.29) is 0 Å². The molecule has 2 aromatic carbocycles. The third-order valence-electron chi connectivity index (χ3n) is 2.91. The first-order valence-electron chi connectivity index (χ1n) is 5.93. The van der Waals surface area contributed by atoms with Gasteiger partial charge in [-0.2, -0.15) is 0 Å². The highest BCUT2D eigenvalue weighted by Gasteiger charge is 2.17. The van der Waals surface area contributed by atoms with Crippen LogP contribution in [0.3, 0.4) is 0 Å². The molecule has 1 aromatic heterocycles. The highest BCUT2D eigenvalue weighted by molar-refractivity contribution is 6.31. The molecule has 0 atom stereocenters. The van der Waals surface area contributed by atoms with Crippen molar-refractivity contribution in [2.45, 2.75) is 0 Å². The molecule has 3 aromatic rings. The van der Waals surface area contributed by atoms with E-state index in [0.717, 1.165) is 0 Å². The SMILES string of the molecule is COC(=O)c1ccccc1-c1nc2cc(Cl)ccc2o1. The lowest BCUT2D eigenvalue weighted by molar-refractivity contribution is 0.0601. The second-order valence-electron chi connectivity index (χ2n) is 4.17. The van der Waals surface area contributed by atoms with Gasteiger partial charge in [-0.25, -0.2) is 9.78 Å². The Kier molecular flexibility index (Phi) is 3.16. The number of nitrogens with zero attached hydrogens (tertiary/aromatic N) is 1. The molecular formula is C15H10ClNO3. The summed E-state index contributed by atoms with van der Waals surface area (Å²) in [6.45, 7) is 0. The summed E-state index contributed by atoms with van der Waals surface area (Å²) in [6.07, 6.45) is 0. The second kappa shape index (κ2) is 4.98. The summed E-state index contributed by atoms with van der Waals surface area (Å²) in [5.74, 6) is -0.0656. The molecule has 4 nitrogen and oxygen atoms in total. The first kappa shape index (κ1) is 12.7. The average Bonchev–Trinajstić information content (AvgIpc) is 2.89. The Balaban J connectivity index is 2.18. The molecule has 0 saturated heterocycles. The molecule has 0 N–H and O–H groups in total. The molecule has 5 heteroatoms. The summed E-state index contributed by atoms with van der Waals surface area (Å²) in [5.41, 5.74) is 2.26. The number of benzene rings is 2. The number of ether oxygens (including phenoxy) is 1. The van der Waals surface area contributed by atoms with E-state index in [0.29, 0.717) is 33.1 Å². The van der Waals surface area contributed by atoms with E-state index in [9.17, 15) is 4.79 Å². The van der Waals surface area contributed by atoms with Gasteiger partial charge in [-0.3, -0.25) is 0 Å². The van der Waals surface area contributed by atoms with Gasteiger partial charge in [0.1, 0.15) is 5.52 Å². The monoisotopic (exact) mass is 287 g/mol. The fourth-order valence-electron chi connectivity index (χ4n) is 1.97. The molecule has 1 heterocycles. The van der Waals surface area contributed by atoms with Crippen LogP contribution in [0.1, 0.15) is 10.4 Å². The van der Waals surface area contributed by atoms with Gasteiger partial charge < -0.3 is 9.15 Å². The Morgan fingerprint density at radius 1 is 1.25 bits per heavy atom. The minimum atomic E-state index is -0.430. The highest BCUT2D eigenvalue weighted by Crippen LogP contribution is 2.28. The van der Waals surface area contributed by atoms with Gasteiger partial charge in [0.2, 0.25) is 5.89 Å². The summed E-state index contributed by atoms with van der Waals surface area (Å²) in [7, 11) is 1.34. The third kappa shape index (κ3) is 2.14. The first-order valence-corrected chi connectivity index (χ1v) is 6.30. The van der Waals surface area contributed by atoms with Gasteiger partial charge in [-0.15, -0.1) is 0 Å². The van der Waals surface area contributed by atoms with Gasteiger partial charge in [0.05, 0.1) is 18.2 Å². The fraction of sp³-hybridized carbons (Fsp3) is 0.0667. The van der Waals surface area contributed by atoms with Crippen LogP contribution < -0.4 is 0 Å². The van der Waals surface area contributed by atoms with Crippen molar-refractivity contribution in [2.75, 3.05) is 7.11 Å². The number of oxazole rings is 1. The Morgan fingerprint density at radius 2 is 2.05 bits per heavy atom. The van der Waals surface area contributed by atoms with Crippen LogP contribution in [0.4, 0.5) is 0 Å². The van der Waals surface area contributed by atoms with Crippen LogP contribution >= 0.6 is 11.6 Å². The summed E-state index contributed by atoms with van der Waals surface area (Å²) in [5, 5.41) is 0.582. The molecule has 0 amide bonds.